The highest BCUT2D eigenvalue weighted by Crippen LogP contribution is 2.24. The maximum atomic E-state index is 10.3. The molecule has 0 atom stereocenters. The smallest absolute Gasteiger partial charge is 0.120 e. The Morgan fingerprint density at radius 1 is 0.633 bits per heavy atom. The highest BCUT2D eigenvalue weighted by Gasteiger charge is 2.07. The SMILES string of the molecule is CCN(CC)Cc1ccc(C=Cc2ccc(CN(CC)CC)c(O)c2)cc1O.Cl.Cl. The first-order valence-corrected chi connectivity index (χ1v) is 10.3. The molecule has 6 heteroatoms. The van der Waals surface area contributed by atoms with Gasteiger partial charge in [0.1, 0.15) is 11.5 Å². The van der Waals surface area contributed by atoms with Gasteiger partial charge in [-0.2, -0.15) is 0 Å². The van der Waals surface area contributed by atoms with E-state index >= 15 is 0 Å². The van der Waals surface area contributed by atoms with Crippen molar-refractivity contribution >= 4 is 37.0 Å². The van der Waals surface area contributed by atoms with E-state index in [9.17, 15) is 10.2 Å². The molecule has 2 N–H and O–H groups in total. The summed E-state index contributed by atoms with van der Waals surface area (Å²) in [6, 6.07) is 11.6. The van der Waals surface area contributed by atoms with Crippen molar-refractivity contribution in [2.75, 3.05) is 26.2 Å². The molecule has 0 unspecified atom stereocenters. The van der Waals surface area contributed by atoms with Gasteiger partial charge in [-0.15, -0.1) is 24.8 Å². The summed E-state index contributed by atoms with van der Waals surface area (Å²) < 4.78 is 0. The molecule has 0 spiro atoms. The van der Waals surface area contributed by atoms with E-state index in [1.54, 1.807) is 12.1 Å². The third kappa shape index (κ3) is 8.19. The average Bonchev–Trinajstić information content (AvgIpc) is 2.71. The van der Waals surface area contributed by atoms with Crippen LogP contribution in [0.5, 0.6) is 11.5 Å². The molecule has 0 fully saturated rings. The minimum Gasteiger partial charge on any atom is -0.508 e. The Balaban J connectivity index is 0.00000420. The zero-order valence-electron chi connectivity index (χ0n) is 18.5. The van der Waals surface area contributed by atoms with Gasteiger partial charge < -0.3 is 10.2 Å². The van der Waals surface area contributed by atoms with Crippen LogP contribution in [-0.2, 0) is 13.1 Å². The lowest BCUT2D eigenvalue weighted by atomic mass is 10.1. The molecule has 0 aliphatic heterocycles. The van der Waals surface area contributed by atoms with Crippen LogP contribution in [0.15, 0.2) is 36.4 Å². The Morgan fingerprint density at radius 2 is 0.967 bits per heavy atom. The molecule has 0 radical (unpaired) electrons. The van der Waals surface area contributed by atoms with Gasteiger partial charge in [0.2, 0.25) is 0 Å². The highest BCUT2D eigenvalue weighted by atomic mass is 35.5. The maximum Gasteiger partial charge on any atom is 0.120 e. The first-order chi connectivity index (χ1) is 13.5. The van der Waals surface area contributed by atoms with Gasteiger partial charge in [-0.1, -0.05) is 64.1 Å². The normalized spacial score (nSPS) is 11.0. The summed E-state index contributed by atoms with van der Waals surface area (Å²) in [4.78, 5) is 4.54. The molecule has 2 rings (SSSR count). The summed E-state index contributed by atoms with van der Waals surface area (Å²) in [6.07, 6.45) is 3.92. The van der Waals surface area contributed by atoms with Crippen molar-refractivity contribution < 1.29 is 10.2 Å². The van der Waals surface area contributed by atoms with Gasteiger partial charge in [0.05, 0.1) is 0 Å². The van der Waals surface area contributed by atoms with Crippen molar-refractivity contribution in [3.8, 4) is 11.5 Å². The Bertz CT molecular complexity index is 723. The second kappa shape index (κ2) is 14.3. The van der Waals surface area contributed by atoms with Crippen LogP contribution in [0.4, 0.5) is 0 Å². The largest absolute Gasteiger partial charge is 0.508 e. The Labute approximate surface area is 194 Å². The van der Waals surface area contributed by atoms with E-state index in [1.807, 2.05) is 36.4 Å². The predicted octanol–water partition coefficient (Wildman–Crippen LogP) is 5.80. The fourth-order valence-corrected chi connectivity index (χ4v) is 3.21. The maximum absolute atomic E-state index is 10.3. The van der Waals surface area contributed by atoms with Crippen molar-refractivity contribution in [3.63, 3.8) is 0 Å². The van der Waals surface area contributed by atoms with Crippen molar-refractivity contribution in [1.29, 1.82) is 0 Å². The molecule has 0 aliphatic rings. The quantitative estimate of drug-likeness (QED) is 0.445. The lowest BCUT2D eigenvalue weighted by Crippen LogP contribution is -2.22. The molecule has 0 aliphatic carbocycles. The number of hydrogen-bond acceptors (Lipinski definition) is 4. The summed E-state index contributed by atoms with van der Waals surface area (Å²) in [6.45, 7) is 13.9. The molecule has 168 valence electrons. The van der Waals surface area contributed by atoms with Gasteiger partial charge in [0.25, 0.3) is 0 Å². The molecule has 0 aromatic heterocycles. The van der Waals surface area contributed by atoms with Crippen LogP contribution >= 0.6 is 24.8 Å². The highest BCUT2D eigenvalue weighted by molar-refractivity contribution is 5.85. The molecule has 2 aromatic carbocycles. The standard InChI is InChI=1S/C24H34N2O2.2ClH/c1-5-25(6-2)17-21-13-11-19(15-23(21)27)9-10-20-12-14-22(24(28)16-20)18-26(7-3)8-4;;/h9-16,27-28H,5-8,17-18H2,1-4H3;2*1H. The van der Waals surface area contributed by atoms with E-state index in [1.165, 1.54) is 0 Å². The van der Waals surface area contributed by atoms with E-state index in [0.29, 0.717) is 11.5 Å². The van der Waals surface area contributed by atoms with Crippen molar-refractivity contribution in [2.45, 2.75) is 40.8 Å². The zero-order valence-corrected chi connectivity index (χ0v) is 20.1. The van der Waals surface area contributed by atoms with Crippen LogP contribution in [0.25, 0.3) is 12.2 Å². The van der Waals surface area contributed by atoms with Crippen LogP contribution in [0, 0.1) is 0 Å². The molecule has 0 saturated heterocycles. The molecule has 0 heterocycles. The molecular formula is C24H36Cl2N2O2. The van der Waals surface area contributed by atoms with Gasteiger partial charge in [0.15, 0.2) is 0 Å². The number of phenols is 2. The van der Waals surface area contributed by atoms with Gasteiger partial charge in [-0.25, -0.2) is 0 Å². The first kappa shape index (κ1) is 28.3. The van der Waals surface area contributed by atoms with Crippen molar-refractivity contribution in [3.05, 3.63) is 58.7 Å². The van der Waals surface area contributed by atoms with Crippen LogP contribution in [0.2, 0.25) is 0 Å². The van der Waals surface area contributed by atoms with E-state index in [-0.39, 0.29) is 24.8 Å². The predicted molar refractivity (Wildman–Crippen MR) is 133 cm³/mol. The third-order valence-corrected chi connectivity index (χ3v) is 5.26. The average molecular weight is 455 g/mol. The zero-order chi connectivity index (χ0) is 20.5. The van der Waals surface area contributed by atoms with Crippen LogP contribution in [-0.4, -0.2) is 46.2 Å². The van der Waals surface area contributed by atoms with Crippen LogP contribution in [0.1, 0.15) is 49.9 Å². The molecular weight excluding hydrogens is 419 g/mol. The van der Waals surface area contributed by atoms with Gasteiger partial charge >= 0.3 is 0 Å². The number of hydrogen-bond donors (Lipinski definition) is 2. The minimum absolute atomic E-state index is 0. The fourth-order valence-electron chi connectivity index (χ4n) is 3.21. The number of rotatable bonds is 10. The number of halogens is 2. The van der Waals surface area contributed by atoms with Crippen LogP contribution in [0.3, 0.4) is 0 Å². The molecule has 0 amide bonds. The number of benzene rings is 2. The number of nitrogens with zero attached hydrogens (tertiary/aromatic N) is 2. The van der Waals surface area contributed by atoms with Crippen molar-refractivity contribution in [1.82, 2.24) is 9.80 Å². The third-order valence-electron chi connectivity index (χ3n) is 5.26. The molecule has 30 heavy (non-hydrogen) atoms. The molecule has 0 bridgehead atoms. The summed E-state index contributed by atoms with van der Waals surface area (Å²) in [5.41, 5.74) is 3.76. The minimum atomic E-state index is 0. The summed E-state index contributed by atoms with van der Waals surface area (Å²) >= 11 is 0. The van der Waals surface area contributed by atoms with E-state index in [0.717, 1.165) is 61.5 Å². The van der Waals surface area contributed by atoms with Gasteiger partial charge in [-0.3, -0.25) is 9.80 Å². The monoisotopic (exact) mass is 454 g/mol. The molecule has 4 nitrogen and oxygen atoms in total. The molecule has 2 aromatic rings. The van der Waals surface area contributed by atoms with E-state index < -0.39 is 0 Å². The van der Waals surface area contributed by atoms with Crippen molar-refractivity contribution in [2.24, 2.45) is 0 Å². The van der Waals surface area contributed by atoms with E-state index in [4.69, 9.17) is 0 Å². The second-order valence-corrected chi connectivity index (χ2v) is 7.03. The Morgan fingerprint density at radius 3 is 1.23 bits per heavy atom. The fraction of sp³-hybridized carbons (Fsp3) is 0.417. The summed E-state index contributed by atoms with van der Waals surface area (Å²) in [5, 5.41) is 20.7. The second-order valence-electron chi connectivity index (χ2n) is 7.03. The Kier molecular flexibility index (Phi) is 13.5. The van der Waals surface area contributed by atoms with Crippen LogP contribution < -0.4 is 0 Å². The molecule has 0 saturated carbocycles. The lowest BCUT2D eigenvalue weighted by Gasteiger charge is -2.19. The Hall–Kier alpha value is -1.72. The summed E-state index contributed by atoms with van der Waals surface area (Å²) in [7, 11) is 0. The topological polar surface area (TPSA) is 46.9 Å². The van der Waals surface area contributed by atoms with Gasteiger partial charge in [-0.05, 0) is 49.4 Å². The first-order valence-electron chi connectivity index (χ1n) is 10.3. The number of phenolic OH excluding ortho intramolecular Hbond substituents is 2. The van der Waals surface area contributed by atoms with E-state index in [2.05, 4.69) is 37.5 Å². The number of aromatic hydroxyl groups is 2. The summed E-state index contributed by atoms with van der Waals surface area (Å²) in [5.74, 6) is 0.651. The lowest BCUT2D eigenvalue weighted by molar-refractivity contribution is 0.291. The van der Waals surface area contributed by atoms with Gasteiger partial charge in [0, 0.05) is 24.2 Å².